The lowest BCUT2D eigenvalue weighted by molar-refractivity contribution is -0.148. The quantitative estimate of drug-likeness (QED) is 0.804. The lowest BCUT2D eigenvalue weighted by atomic mass is 9.98. The Morgan fingerprint density at radius 1 is 1.56 bits per heavy atom. The molecule has 1 N–H and O–H groups in total. The van der Waals surface area contributed by atoms with Crippen LogP contribution in [0.5, 0.6) is 0 Å². The standard InChI is InChI=1S/C12H20N4O2/c1-8-14-9(2)16(15-8)10-5-6-12(7-10,13-3)11(17)18-4/h10,13H,5-7H2,1-4H3. The minimum Gasteiger partial charge on any atom is -0.468 e. The van der Waals surface area contributed by atoms with E-state index in [1.54, 1.807) is 7.05 Å². The first kappa shape index (κ1) is 13.0. The van der Waals surface area contributed by atoms with Crippen LogP contribution < -0.4 is 5.32 Å². The van der Waals surface area contributed by atoms with Crippen LogP contribution in [0, 0.1) is 13.8 Å². The van der Waals surface area contributed by atoms with Gasteiger partial charge in [-0.3, -0.25) is 4.79 Å². The molecule has 2 rings (SSSR count). The van der Waals surface area contributed by atoms with Crippen LogP contribution in [0.25, 0.3) is 0 Å². The molecule has 0 saturated heterocycles. The summed E-state index contributed by atoms with van der Waals surface area (Å²) in [5.74, 6) is 1.48. The number of aromatic nitrogens is 3. The summed E-state index contributed by atoms with van der Waals surface area (Å²) in [6.45, 7) is 3.82. The van der Waals surface area contributed by atoms with Crippen LogP contribution in [0.15, 0.2) is 0 Å². The van der Waals surface area contributed by atoms with Gasteiger partial charge in [0.05, 0.1) is 13.2 Å². The van der Waals surface area contributed by atoms with Gasteiger partial charge in [-0.05, 0) is 40.2 Å². The van der Waals surface area contributed by atoms with E-state index in [0.717, 1.165) is 24.5 Å². The van der Waals surface area contributed by atoms with Crippen molar-refractivity contribution in [3.8, 4) is 0 Å². The molecule has 0 aromatic carbocycles. The molecule has 0 aliphatic heterocycles. The van der Waals surface area contributed by atoms with Crippen molar-refractivity contribution in [3.05, 3.63) is 11.6 Å². The minimum atomic E-state index is -0.578. The van der Waals surface area contributed by atoms with Crippen LogP contribution in [-0.4, -0.2) is 40.4 Å². The van der Waals surface area contributed by atoms with E-state index >= 15 is 0 Å². The number of aryl methyl sites for hydroxylation is 2. The molecule has 0 radical (unpaired) electrons. The van der Waals surface area contributed by atoms with Gasteiger partial charge in [-0.15, -0.1) is 0 Å². The van der Waals surface area contributed by atoms with Crippen LogP contribution in [0.3, 0.4) is 0 Å². The molecule has 0 spiro atoms. The van der Waals surface area contributed by atoms with Crippen molar-refractivity contribution in [1.82, 2.24) is 20.1 Å². The number of hydrogen-bond acceptors (Lipinski definition) is 5. The highest BCUT2D eigenvalue weighted by Gasteiger charge is 2.46. The highest BCUT2D eigenvalue weighted by molar-refractivity contribution is 5.81. The normalized spacial score (nSPS) is 27.4. The molecular formula is C12H20N4O2. The summed E-state index contributed by atoms with van der Waals surface area (Å²) in [5.41, 5.74) is -0.578. The van der Waals surface area contributed by atoms with Crippen LogP contribution in [0.4, 0.5) is 0 Å². The fraction of sp³-hybridized carbons (Fsp3) is 0.750. The number of methoxy groups -OCH3 is 1. The molecule has 1 aromatic rings. The van der Waals surface area contributed by atoms with Gasteiger partial charge >= 0.3 is 5.97 Å². The van der Waals surface area contributed by atoms with Crippen molar-refractivity contribution in [2.45, 2.75) is 44.7 Å². The SMILES string of the molecule is CNC1(C(=O)OC)CCC(n2nc(C)nc2C)C1. The van der Waals surface area contributed by atoms with Crippen LogP contribution >= 0.6 is 0 Å². The highest BCUT2D eigenvalue weighted by Crippen LogP contribution is 2.38. The summed E-state index contributed by atoms with van der Waals surface area (Å²) in [6.07, 6.45) is 2.36. The zero-order valence-corrected chi connectivity index (χ0v) is 11.4. The molecule has 1 aromatic heterocycles. The molecule has 1 saturated carbocycles. The average molecular weight is 252 g/mol. The van der Waals surface area contributed by atoms with Gasteiger partial charge < -0.3 is 10.1 Å². The first-order valence-corrected chi connectivity index (χ1v) is 6.19. The summed E-state index contributed by atoms with van der Waals surface area (Å²) < 4.78 is 6.83. The van der Waals surface area contributed by atoms with Crippen LogP contribution in [0.2, 0.25) is 0 Å². The van der Waals surface area contributed by atoms with E-state index in [9.17, 15) is 4.79 Å². The number of carbonyl (C=O) groups excluding carboxylic acids is 1. The Morgan fingerprint density at radius 3 is 2.78 bits per heavy atom. The Hall–Kier alpha value is -1.43. The summed E-state index contributed by atoms with van der Waals surface area (Å²) in [7, 11) is 3.23. The third kappa shape index (κ3) is 2.01. The van der Waals surface area contributed by atoms with Crippen molar-refractivity contribution in [2.24, 2.45) is 0 Å². The molecule has 1 fully saturated rings. The Balaban J connectivity index is 2.21. The molecule has 0 amide bonds. The number of rotatable bonds is 3. The molecule has 2 atom stereocenters. The molecule has 1 aliphatic carbocycles. The second-order valence-corrected chi connectivity index (χ2v) is 4.87. The zero-order chi connectivity index (χ0) is 13.3. The number of ether oxygens (including phenoxy) is 1. The van der Waals surface area contributed by atoms with E-state index in [4.69, 9.17) is 4.74 Å². The van der Waals surface area contributed by atoms with E-state index in [1.807, 2.05) is 18.5 Å². The molecule has 6 heteroatoms. The van der Waals surface area contributed by atoms with Gasteiger partial charge in [0.1, 0.15) is 17.2 Å². The van der Waals surface area contributed by atoms with Crippen LogP contribution in [-0.2, 0) is 9.53 Å². The number of carbonyl (C=O) groups is 1. The predicted molar refractivity (Wildman–Crippen MR) is 66.2 cm³/mol. The van der Waals surface area contributed by atoms with Gasteiger partial charge in [0, 0.05) is 0 Å². The van der Waals surface area contributed by atoms with Gasteiger partial charge in [-0.2, -0.15) is 5.10 Å². The van der Waals surface area contributed by atoms with Crippen molar-refractivity contribution < 1.29 is 9.53 Å². The van der Waals surface area contributed by atoms with Gasteiger partial charge in [0.25, 0.3) is 0 Å². The van der Waals surface area contributed by atoms with E-state index in [2.05, 4.69) is 15.4 Å². The van der Waals surface area contributed by atoms with Crippen LogP contribution in [0.1, 0.15) is 37.0 Å². The maximum Gasteiger partial charge on any atom is 0.326 e. The van der Waals surface area contributed by atoms with Crippen molar-refractivity contribution >= 4 is 5.97 Å². The summed E-state index contributed by atoms with van der Waals surface area (Å²) in [5, 5.41) is 7.52. The second kappa shape index (κ2) is 4.68. The highest BCUT2D eigenvalue weighted by atomic mass is 16.5. The lowest BCUT2D eigenvalue weighted by Gasteiger charge is -2.25. The smallest absolute Gasteiger partial charge is 0.326 e. The van der Waals surface area contributed by atoms with E-state index in [1.165, 1.54) is 7.11 Å². The summed E-state index contributed by atoms with van der Waals surface area (Å²) in [6, 6.07) is 0.206. The third-order valence-corrected chi connectivity index (χ3v) is 3.80. The molecule has 6 nitrogen and oxygen atoms in total. The minimum absolute atomic E-state index is 0.193. The summed E-state index contributed by atoms with van der Waals surface area (Å²) in [4.78, 5) is 16.2. The molecule has 18 heavy (non-hydrogen) atoms. The van der Waals surface area contributed by atoms with Gasteiger partial charge in [-0.25, -0.2) is 9.67 Å². The average Bonchev–Trinajstić information content (AvgIpc) is 2.92. The Bertz CT molecular complexity index is 457. The molecule has 100 valence electrons. The maximum absolute atomic E-state index is 11.9. The number of likely N-dealkylation sites (N-methyl/N-ethyl adjacent to an activating group) is 1. The first-order valence-electron chi connectivity index (χ1n) is 6.19. The number of hydrogen-bond donors (Lipinski definition) is 1. The molecular weight excluding hydrogens is 232 g/mol. The topological polar surface area (TPSA) is 69.0 Å². The van der Waals surface area contributed by atoms with Crippen molar-refractivity contribution in [1.29, 1.82) is 0 Å². The molecule has 2 unspecified atom stereocenters. The van der Waals surface area contributed by atoms with E-state index in [0.29, 0.717) is 6.42 Å². The molecule has 1 heterocycles. The molecule has 0 bridgehead atoms. The molecule has 1 aliphatic rings. The second-order valence-electron chi connectivity index (χ2n) is 4.87. The fourth-order valence-corrected chi connectivity index (χ4v) is 2.82. The first-order chi connectivity index (χ1) is 8.52. The zero-order valence-electron chi connectivity index (χ0n) is 11.4. The Morgan fingerprint density at radius 2 is 2.28 bits per heavy atom. The van der Waals surface area contributed by atoms with E-state index < -0.39 is 5.54 Å². The maximum atomic E-state index is 11.9. The largest absolute Gasteiger partial charge is 0.468 e. The van der Waals surface area contributed by atoms with Crippen molar-refractivity contribution in [2.75, 3.05) is 14.2 Å². The summed E-state index contributed by atoms with van der Waals surface area (Å²) >= 11 is 0. The van der Waals surface area contributed by atoms with Gasteiger partial charge in [0.15, 0.2) is 0 Å². The fourth-order valence-electron chi connectivity index (χ4n) is 2.82. The Labute approximate surface area is 107 Å². The number of nitrogens with one attached hydrogen (secondary N) is 1. The van der Waals surface area contributed by atoms with Gasteiger partial charge in [0.2, 0.25) is 0 Å². The lowest BCUT2D eigenvalue weighted by Crippen LogP contribution is -2.49. The van der Waals surface area contributed by atoms with Gasteiger partial charge in [-0.1, -0.05) is 0 Å². The van der Waals surface area contributed by atoms with E-state index in [-0.39, 0.29) is 12.0 Å². The Kier molecular flexibility index (Phi) is 3.38. The third-order valence-electron chi connectivity index (χ3n) is 3.80. The monoisotopic (exact) mass is 252 g/mol. The number of esters is 1. The van der Waals surface area contributed by atoms with Crippen molar-refractivity contribution in [3.63, 3.8) is 0 Å². The predicted octanol–water partition coefficient (Wildman–Crippen LogP) is 0.751. The number of nitrogens with zero attached hydrogens (tertiary/aromatic N) is 3.